The number of carbonyl (C=O) groups excluding carboxylic acids is 3. The van der Waals surface area contributed by atoms with Crippen molar-refractivity contribution in [1.82, 2.24) is 15.1 Å². The smallest absolute Gasteiger partial charge is 0.246 e. The SMILES string of the molecule is CSCC(C(=O)N1CC[C@@H]2CNC[C@@H]2CC1)N1C(=O)C2CCCCC2C1=O. The molecular weight excluding hydrogens is 362 g/mol. The van der Waals surface area contributed by atoms with Crippen molar-refractivity contribution in [2.24, 2.45) is 23.7 Å². The number of hydrogen-bond acceptors (Lipinski definition) is 5. The van der Waals surface area contributed by atoms with Crippen LogP contribution in [0.1, 0.15) is 38.5 Å². The number of carbonyl (C=O) groups is 3. The number of nitrogens with one attached hydrogen (secondary N) is 1. The summed E-state index contributed by atoms with van der Waals surface area (Å²) in [5.41, 5.74) is 0. The maximum atomic E-state index is 13.4. The zero-order valence-electron chi connectivity index (χ0n) is 16.2. The Balaban J connectivity index is 1.50. The Bertz CT molecular complexity index is 575. The summed E-state index contributed by atoms with van der Waals surface area (Å²) in [6, 6.07) is -0.623. The van der Waals surface area contributed by atoms with Gasteiger partial charge >= 0.3 is 0 Å². The molecule has 3 saturated heterocycles. The lowest BCUT2D eigenvalue weighted by atomic mass is 9.81. The minimum absolute atomic E-state index is 0.0161. The average molecular weight is 394 g/mol. The van der Waals surface area contributed by atoms with Crippen molar-refractivity contribution in [3.63, 3.8) is 0 Å². The van der Waals surface area contributed by atoms with E-state index in [1.165, 1.54) is 4.90 Å². The molecule has 4 fully saturated rings. The number of rotatable bonds is 4. The normalized spacial score (nSPS) is 35.0. The van der Waals surface area contributed by atoms with Crippen molar-refractivity contribution in [1.29, 1.82) is 0 Å². The maximum absolute atomic E-state index is 13.4. The van der Waals surface area contributed by atoms with E-state index in [1.54, 1.807) is 11.8 Å². The molecule has 7 heteroatoms. The van der Waals surface area contributed by atoms with Gasteiger partial charge in [-0.05, 0) is 56.9 Å². The van der Waals surface area contributed by atoms with Crippen molar-refractivity contribution in [3.05, 3.63) is 0 Å². The van der Waals surface area contributed by atoms with E-state index in [2.05, 4.69) is 5.32 Å². The van der Waals surface area contributed by atoms with E-state index in [0.717, 1.165) is 64.7 Å². The van der Waals surface area contributed by atoms with Crippen LogP contribution >= 0.6 is 11.8 Å². The number of nitrogens with zero attached hydrogens (tertiary/aromatic N) is 2. The van der Waals surface area contributed by atoms with Crippen LogP contribution in [-0.2, 0) is 14.4 Å². The highest BCUT2D eigenvalue weighted by molar-refractivity contribution is 7.98. The van der Waals surface area contributed by atoms with Crippen molar-refractivity contribution < 1.29 is 14.4 Å². The molecular formula is C20H31N3O3S. The van der Waals surface area contributed by atoms with E-state index in [9.17, 15) is 14.4 Å². The maximum Gasteiger partial charge on any atom is 0.246 e. The Labute approximate surface area is 165 Å². The fraction of sp³-hybridized carbons (Fsp3) is 0.850. The molecule has 4 aliphatic rings. The molecule has 3 heterocycles. The fourth-order valence-electron chi connectivity index (χ4n) is 5.56. The topological polar surface area (TPSA) is 69.7 Å². The summed E-state index contributed by atoms with van der Waals surface area (Å²) in [5.74, 6) is 1.25. The van der Waals surface area contributed by atoms with Gasteiger partial charge in [-0.15, -0.1) is 0 Å². The third-order valence-corrected chi connectivity index (χ3v) is 7.78. The Morgan fingerprint density at radius 1 is 1.04 bits per heavy atom. The molecule has 27 heavy (non-hydrogen) atoms. The van der Waals surface area contributed by atoms with E-state index in [0.29, 0.717) is 17.6 Å². The predicted octanol–water partition coefficient (Wildman–Crippen LogP) is 1.35. The number of likely N-dealkylation sites (tertiary alicyclic amines) is 2. The third kappa shape index (κ3) is 3.53. The molecule has 1 N–H and O–H groups in total. The molecule has 0 radical (unpaired) electrons. The zero-order valence-corrected chi connectivity index (χ0v) is 17.0. The van der Waals surface area contributed by atoms with E-state index < -0.39 is 6.04 Å². The Hall–Kier alpha value is -1.08. The van der Waals surface area contributed by atoms with Gasteiger partial charge in [-0.1, -0.05) is 12.8 Å². The lowest BCUT2D eigenvalue weighted by molar-refractivity contribution is -0.150. The monoisotopic (exact) mass is 393 g/mol. The van der Waals surface area contributed by atoms with E-state index in [4.69, 9.17) is 0 Å². The van der Waals surface area contributed by atoms with Crippen molar-refractivity contribution in [2.75, 3.05) is 38.2 Å². The van der Waals surface area contributed by atoms with Gasteiger partial charge in [-0.25, -0.2) is 0 Å². The molecule has 3 aliphatic heterocycles. The average Bonchev–Trinajstić information content (AvgIpc) is 3.16. The second-order valence-corrected chi connectivity index (χ2v) is 9.51. The summed E-state index contributed by atoms with van der Waals surface area (Å²) in [6.45, 7) is 3.59. The summed E-state index contributed by atoms with van der Waals surface area (Å²) >= 11 is 1.54. The Kier molecular flexibility index (Phi) is 5.78. The van der Waals surface area contributed by atoms with Gasteiger partial charge < -0.3 is 10.2 Å². The van der Waals surface area contributed by atoms with Crippen LogP contribution in [0.15, 0.2) is 0 Å². The van der Waals surface area contributed by atoms with Crippen LogP contribution in [0.25, 0.3) is 0 Å². The molecule has 0 bridgehead atoms. The lowest BCUT2D eigenvalue weighted by Crippen LogP contribution is -2.53. The lowest BCUT2D eigenvalue weighted by Gasteiger charge is -2.31. The molecule has 0 aromatic carbocycles. The van der Waals surface area contributed by atoms with Gasteiger partial charge in [0.1, 0.15) is 6.04 Å². The first kappa shape index (κ1) is 19.2. The van der Waals surface area contributed by atoms with Gasteiger partial charge in [0, 0.05) is 18.8 Å². The first-order valence-corrected chi connectivity index (χ1v) is 11.9. The first-order valence-electron chi connectivity index (χ1n) is 10.5. The summed E-state index contributed by atoms with van der Waals surface area (Å²) in [4.78, 5) is 42.7. The van der Waals surface area contributed by atoms with Crippen molar-refractivity contribution in [3.8, 4) is 0 Å². The predicted molar refractivity (Wildman–Crippen MR) is 105 cm³/mol. The summed E-state index contributed by atoms with van der Waals surface area (Å²) < 4.78 is 0. The molecule has 4 rings (SSSR count). The molecule has 0 aromatic heterocycles. The van der Waals surface area contributed by atoms with Gasteiger partial charge in [-0.3, -0.25) is 19.3 Å². The minimum Gasteiger partial charge on any atom is -0.341 e. The third-order valence-electron chi connectivity index (χ3n) is 7.13. The van der Waals surface area contributed by atoms with Crippen LogP contribution in [0.3, 0.4) is 0 Å². The molecule has 1 aliphatic carbocycles. The van der Waals surface area contributed by atoms with Crippen LogP contribution in [0, 0.1) is 23.7 Å². The molecule has 5 atom stereocenters. The first-order chi connectivity index (χ1) is 13.1. The van der Waals surface area contributed by atoms with Gasteiger partial charge in [0.25, 0.3) is 0 Å². The van der Waals surface area contributed by atoms with Crippen LogP contribution in [0.2, 0.25) is 0 Å². The van der Waals surface area contributed by atoms with Crippen molar-refractivity contribution in [2.45, 2.75) is 44.6 Å². The highest BCUT2D eigenvalue weighted by Gasteiger charge is 2.52. The number of hydrogen-bond donors (Lipinski definition) is 1. The summed E-state index contributed by atoms with van der Waals surface area (Å²) in [6.07, 6.45) is 7.59. The quantitative estimate of drug-likeness (QED) is 0.730. The molecule has 150 valence electrons. The molecule has 6 nitrogen and oxygen atoms in total. The number of fused-ring (bicyclic) bond motifs is 2. The van der Waals surface area contributed by atoms with Crippen LogP contribution < -0.4 is 5.32 Å². The Morgan fingerprint density at radius 2 is 1.59 bits per heavy atom. The van der Waals surface area contributed by atoms with Crippen molar-refractivity contribution >= 4 is 29.5 Å². The van der Waals surface area contributed by atoms with E-state index in [1.807, 2.05) is 11.2 Å². The summed E-state index contributed by atoms with van der Waals surface area (Å²) in [5, 5.41) is 3.46. The Morgan fingerprint density at radius 3 is 2.11 bits per heavy atom. The second-order valence-electron chi connectivity index (χ2n) is 8.60. The highest BCUT2D eigenvalue weighted by atomic mass is 32.2. The van der Waals surface area contributed by atoms with Crippen LogP contribution in [0.5, 0.6) is 0 Å². The second kappa shape index (κ2) is 8.11. The van der Waals surface area contributed by atoms with Gasteiger partial charge in [0.05, 0.1) is 11.8 Å². The minimum atomic E-state index is -0.623. The number of imide groups is 1. The highest BCUT2D eigenvalue weighted by Crippen LogP contribution is 2.39. The zero-order chi connectivity index (χ0) is 19.0. The van der Waals surface area contributed by atoms with E-state index in [-0.39, 0.29) is 29.6 Å². The molecule has 3 unspecified atom stereocenters. The van der Waals surface area contributed by atoms with Gasteiger partial charge in [-0.2, -0.15) is 11.8 Å². The number of thioether (sulfide) groups is 1. The standard InChI is InChI=1S/C20H31N3O3S/c1-27-12-17(23-18(24)15-4-2-3-5-16(15)19(23)25)20(26)22-8-6-13-10-21-11-14(13)7-9-22/h13-17,21H,2-12H2,1H3/t13-,14+,15?,16?,17?. The fourth-order valence-corrected chi connectivity index (χ4v) is 6.17. The van der Waals surface area contributed by atoms with Crippen LogP contribution in [-0.4, -0.2) is 71.8 Å². The van der Waals surface area contributed by atoms with Gasteiger partial charge in [0.2, 0.25) is 17.7 Å². The van der Waals surface area contributed by atoms with Crippen LogP contribution in [0.4, 0.5) is 0 Å². The number of amides is 3. The van der Waals surface area contributed by atoms with Gasteiger partial charge in [0.15, 0.2) is 0 Å². The molecule has 0 aromatic rings. The molecule has 3 amide bonds. The summed E-state index contributed by atoms with van der Waals surface area (Å²) in [7, 11) is 0. The molecule has 1 saturated carbocycles. The largest absolute Gasteiger partial charge is 0.341 e. The molecule has 0 spiro atoms. The van der Waals surface area contributed by atoms with E-state index >= 15 is 0 Å².